The summed E-state index contributed by atoms with van der Waals surface area (Å²) < 4.78 is 20.7. The van der Waals surface area contributed by atoms with Crippen LogP contribution in [0.25, 0.3) is 5.70 Å². The van der Waals surface area contributed by atoms with E-state index in [0.29, 0.717) is 33.5 Å². The van der Waals surface area contributed by atoms with E-state index in [-0.39, 0.29) is 50.9 Å². The van der Waals surface area contributed by atoms with Crippen molar-refractivity contribution in [2.24, 2.45) is 5.73 Å². The van der Waals surface area contributed by atoms with Crippen molar-refractivity contribution in [3.05, 3.63) is 75.9 Å². The second kappa shape index (κ2) is 10.5. The SMILES string of the molecule is C/C(C(=N)OCCO)=C(/N)c1cc(C(=O)N2CCC(F)(c3ccc(C#N)cc3)CC2)ccc1C. The van der Waals surface area contributed by atoms with Crippen molar-refractivity contribution in [1.29, 1.82) is 10.7 Å². The number of halogens is 1. The lowest BCUT2D eigenvalue weighted by molar-refractivity contribution is 0.0421. The van der Waals surface area contributed by atoms with Crippen LogP contribution in [0.3, 0.4) is 0 Å². The van der Waals surface area contributed by atoms with Crippen molar-refractivity contribution in [2.45, 2.75) is 32.4 Å². The van der Waals surface area contributed by atoms with E-state index in [9.17, 15) is 4.79 Å². The lowest BCUT2D eigenvalue weighted by Crippen LogP contribution is -2.43. The van der Waals surface area contributed by atoms with Crippen molar-refractivity contribution < 1.29 is 19.0 Å². The van der Waals surface area contributed by atoms with Crippen molar-refractivity contribution >= 4 is 17.5 Å². The quantitative estimate of drug-likeness (QED) is 0.445. The zero-order chi connectivity index (χ0) is 24.9. The number of aryl methyl sites for hydroxylation is 1. The highest BCUT2D eigenvalue weighted by Crippen LogP contribution is 2.37. The summed E-state index contributed by atoms with van der Waals surface area (Å²) in [5, 5.41) is 25.8. The molecule has 2 aromatic carbocycles. The number of likely N-dealkylation sites (tertiary alicyclic amines) is 1. The fraction of sp³-hybridized carbons (Fsp3) is 0.346. The number of amides is 1. The van der Waals surface area contributed by atoms with Gasteiger partial charge in [0.25, 0.3) is 5.91 Å². The number of carbonyl (C=O) groups is 1. The first kappa shape index (κ1) is 24.9. The van der Waals surface area contributed by atoms with Gasteiger partial charge < -0.3 is 20.5 Å². The van der Waals surface area contributed by atoms with E-state index in [2.05, 4.69) is 0 Å². The maximum absolute atomic E-state index is 15.6. The zero-order valence-electron chi connectivity index (χ0n) is 19.4. The number of aliphatic hydroxyl groups excluding tert-OH is 1. The van der Waals surface area contributed by atoms with Gasteiger partial charge in [0.1, 0.15) is 12.3 Å². The molecular formula is C26H29FN4O3. The van der Waals surface area contributed by atoms with Gasteiger partial charge in [-0.3, -0.25) is 10.2 Å². The Kier molecular flexibility index (Phi) is 7.69. The molecule has 1 fully saturated rings. The van der Waals surface area contributed by atoms with Gasteiger partial charge in [-0.05, 0) is 49.2 Å². The number of benzene rings is 2. The Balaban J connectivity index is 1.76. The minimum absolute atomic E-state index is 0.00550. The fourth-order valence-corrected chi connectivity index (χ4v) is 4.00. The number of rotatable bonds is 6. The van der Waals surface area contributed by atoms with Crippen LogP contribution >= 0.6 is 0 Å². The Hall–Kier alpha value is -3.70. The summed E-state index contributed by atoms with van der Waals surface area (Å²) in [6.07, 6.45) is 0.341. The van der Waals surface area contributed by atoms with Crippen LogP contribution < -0.4 is 5.73 Å². The number of aliphatic hydroxyl groups is 1. The molecule has 0 radical (unpaired) electrons. The number of nitrogens with zero attached hydrogens (tertiary/aromatic N) is 2. The molecule has 0 saturated carbocycles. The second-order valence-corrected chi connectivity index (χ2v) is 8.42. The van der Waals surface area contributed by atoms with Crippen LogP contribution in [-0.4, -0.2) is 48.1 Å². The number of piperidine rings is 1. The van der Waals surface area contributed by atoms with Crippen molar-refractivity contribution in [2.75, 3.05) is 26.3 Å². The van der Waals surface area contributed by atoms with Crippen LogP contribution in [0.15, 0.2) is 48.0 Å². The standard InChI is InChI=1S/C26H29FN4O3/c1-17-3-6-20(15-22(17)23(29)18(2)24(30)34-14-13-32)25(33)31-11-9-26(27,10-12-31)21-7-4-19(16-28)5-8-21/h3-8,15,30,32H,9-14,29H2,1-2H3/b23-18-,30-24?. The van der Waals surface area contributed by atoms with Gasteiger partial charge in [0.15, 0.2) is 0 Å². The monoisotopic (exact) mass is 464 g/mol. The molecule has 0 spiro atoms. The molecule has 1 amide bonds. The maximum Gasteiger partial charge on any atom is 0.253 e. The highest BCUT2D eigenvalue weighted by Gasteiger charge is 2.37. The van der Waals surface area contributed by atoms with Crippen LogP contribution in [0, 0.1) is 23.7 Å². The number of carbonyl (C=O) groups excluding carboxylic acids is 1. The molecule has 2 aromatic rings. The molecule has 3 rings (SSSR count). The summed E-state index contributed by atoms with van der Waals surface area (Å²) in [5.74, 6) is -0.346. The van der Waals surface area contributed by atoms with E-state index in [1.165, 1.54) is 0 Å². The Morgan fingerprint density at radius 1 is 1.26 bits per heavy atom. The van der Waals surface area contributed by atoms with E-state index in [0.717, 1.165) is 5.56 Å². The smallest absolute Gasteiger partial charge is 0.253 e. The van der Waals surface area contributed by atoms with Gasteiger partial charge in [0.05, 0.1) is 18.2 Å². The topological polar surface area (TPSA) is 123 Å². The molecule has 178 valence electrons. The van der Waals surface area contributed by atoms with Crippen LogP contribution in [0.4, 0.5) is 4.39 Å². The Labute approximate surface area is 198 Å². The van der Waals surface area contributed by atoms with E-state index in [1.807, 2.05) is 13.0 Å². The first-order chi connectivity index (χ1) is 16.2. The Morgan fingerprint density at radius 3 is 2.50 bits per heavy atom. The van der Waals surface area contributed by atoms with Gasteiger partial charge in [-0.2, -0.15) is 5.26 Å². The molecule has 0 unspecified atom stereocenters. The predicted molar refractivity (Wildman–Crippen MR) is 128 cm³/mol. The summed E-state index contributed by atoms with van der Waals surface area (Å²) in [6, 6.07) is 13.7. The molecule has 4 N–H and O–H groups in total. The van der Waals surface area contributed by atoms with Crippen LogP contribution in [0.2, 0.25) is 0 Å². The zero-order valence-corrected chi connectivity index (χ0v) is 19.4. The molecule has 0 aromatic heterocycles. The maximum atomic E-state index is 15.6. The Bertz CT molecular complexity index is 1140. The highest BCUT2D eigenvalue weighted by molar-refractivity contribution is 6.00. The molecule has 1 heterocycles. The predicted octanol–water partition coefficient (Wildman–Crippen LogP) is 3.64. The minimum atomic E-state index is -1.54. The summed E-state index contributed by atoms with van der Waals surface area (Å²) in [6.45, 7) is 3.83. The van der Waals surface area contributed by atoms with Crippen LogP contribution in [0.1, 0.15) is 52.4 Å². The molecule has 0 bridgehead atoms. The van der Waals surface area contributed by atoms with Gasteiger partial charge in [0.2, 0.25) is 5.90 Å². The van der Waals surface area contributed by atoms with E-state index >= 15 is 4.39 Å². The fourth-order valence-electron chi connectivity index (χ4n) is 4.00. The van der Waals surface area contributed by atoms with Gasteiger partial charge in [0, 0.05) is 48.3 Å². The largest absolute Gasteiger partial charge is 0.475 e. The number of hydrogen-bond acceptors (Lipinski definition) is 6. The third-order valence-corrected chi connectivity index (χ3v) is 6.23. The lowest BCUT2D eigenvalue weighted by Gasteiger charge is -2.37. The summed E-state index contributed by atoms with van der Waals surface area (Å²) in [5.41, 5.74) is 8.36. The van der Waals surface area contributed by atoms with Crippen LogP contribution in [0.5, 0.6) is 0 Å². The van der Waals surface area contributed by atoms with Gasteiger partial charge >= 0.3 is 0 Å². The first-order valence-corrected chi connectivity index (χ1v) is 11.1. The van der Waals surface area contributed by atoms with Gasteiger partial charge in [-0.15, -0.1) is 0 Å². The van der Waals surface area contributed by atoms with Crippen molar-refractivity contribution in [1.82, 2.24) is 4.90 Å². The van der Waals surface area contributed by atoms with Crippen molar-refractivity contribution in [3.8, 4) is 6.07 Å². The molecule has 34 heavy (non-hydrogen) atoms. The number of alkyl halides is 1. The van der Waals surface area contributed by atoms with Crippen molar-refractivity contribution in [3.63, 3.8) is 0 Å². The molecule has 1 saturated heterocycles. The highest BCUT2D eigenvalue weighted by atomic mass is 19.1. The van der Waals surface area contributed by atoms with Crippen LogP contribution in [-0.2, 0) is 10.4 Å². The molecule has 0 atom stereocenters. The van der Waals surface area contributed by atoms with E-state index in [1.54, 1.807) is 54.3 Å². The first-order valence-electron chi connectivity index (χ1n) is 11.1. The average Bonchev–Trinajstić information content (AvgIpc) is 2.86. The second-order valence-electron chi connectivity index (χ2n) is 8.42. The molecule has 0 aliphatic carbocycles. The number of ether oxygens (including phenoxy) is 1. The number of nitrogens with two attached hydrogens (primary N) is 1. The molecule has 8 heteroatoms. The minimum Gasteiger partial charge on any atom is -0.475 e. The number of hydrogen-bond donors (Lipinski definition) is 3. The molecule has 7 nitrogen and oxygen atoms in total. The molecular weight excluding hydrogens is 435 g/mol. The third-order valence-electron chi connectivity index (χ3n) is 6.23. The summed E-state index contributed by atoms with van der Waals surface area (Å²) in [7, 11) is 0. The van der Waals surface area contributed by atoms with Gasteiger partial charge in [-0.1, -0.05) is 18.2 Å². The van der Waals surface area contributed by atoms with E-state index in [4.69, 9.17) is 26.2 Å². The van der Waals surface area contributed by atoms with Gasteiger partial charge in [-0.25, -0.2) is 4.39 Å². The third kappa shape index (κ3) is 5.26. The Morgan fingerprint density at radius 2 is 1.91 bits per heavy atom. The van der Waals surface area contributed by atoms with E-state index < -0.39 is 5.67 Å². The number of nitrogens with one attached hydrogen (secondary N) is 1. The lowest BCUT2D eigenvalue weighted by atomic mass is 9.85. The summed E-state index contributed by atoms with van der Waals surface area (Å²) in [4.78, 5) is 14.8. The number of nitriles is 1. The molecule has 1 aliphatic rings. The normalized spacial score (nSPS) is 15.8. The molecule has 1 aliphatic heterocycles. The summed E-state index contributed by atoms with van der Waals surface area (Å²) >= 11 is 0. The average molecular weight is 465 g/mol.